The number of ether oxygens (including phenoxy) is 1. The maximum Gasteiger partial charge on any atom is 0.255 e. The molecular formula is C16H17N3O3S2. The van der Waals surface area contributed by atoms with E-state index in [0.717, 1.165) is 35.4 Å². The molecule has 8 heteroatoms. The zero-order valence-electron chi connectivity index (χ0n) is 13.0. The Bertz CT molecular complexity index is 751. The smallest absolute Gasteiger partial charge is 0.255 e. The molecule has 1 saturated heterocycles. The number of carbonyl (C=O) groups excluding carboxylic acids is 2. The van der Waals surface area contributed by atoms with Crippen molar-refractivity contribution in [1.82, 2.24) is 9.88 Å². The van der Waals surface area contributed by atoms with Gasteiger partial charge in [0.2, 0.25) is 0 Å². The van der Waals surface area contributed by atoms with E-state index in [2.05, 4.69) is 10.3 Å². The zero-order chi connectivity index (χ0) is 16.5. The largest absolute Gasteiger partial charge is 0.368 e. The monoisotopic (exact) mass is 363 g/mol. The molecule has 24 heavy (non-hydrogen) atoms. The normalized spacial score (nSPS) is 20.0. The van der Waals surface area contributed by atoms with Crippen LogP contribution in [0.15, 0.2) is 16.8 Å². The number of fused-ring (bicyclic) bond motifs is 1. The lowest BCUT2D eigenvalue weighted by Crippen LogP contribution is -2.35. The average Bonchev–Trinajstić information content (AvgIpc) is 3.32. The fraction of sp³-hybridized carbons (Fsp3) is 0.438. The summed E-state index contributed by atoms with van der Waals surface area (Å²) in [6.07, 6.45) is 2.05. The standard InChI is InChI=1S/C16H17N3O3S2/c20-14(12-2-1-6-22-12)18-16-17-11-3-5-19(8-13(11)24-16)15(21)10-4-7-23-9-10/h4,7,9,12H,1-3,5-6,8H2,(H,17,18,20). The van der Waals surface area contributed by atoms with Crippen LogP contribution in [0.2, 0.25) is 0 Å². The first-order chi connectivity index (χ1) is 11.7. The molecule has 0 aliphatic carbocycles. The molecule has 1 fully saturated rings. The zero-order valence-corrected chi connectivity index (χ0v) is 14.6. The third kappa shape index (κ3) is 3.09. The van der Waals surface area contributed by atoms with Crippen molar-refractivity contribution in [3.05, 3.63) is 33.0 Å². The Morgan fingerprint density at radius 3 is 3.08 bits per heavy atom. The molecule has 1 atom stereocenters. The van der Waals surface area contributed by atoms with E-state index in [-0.39, 0.29) is 17.9 Å². The third-order valence-corrected chi connectivity index (χ3v) is 5.92. The summed E-state index contributed by atoms with van der Waals surface area (Å²) in [7, 11) is 0. The van der Waals surface area contributed by atoms with Gasteiger partial charge in [-0.2, -0.15) is 11.3 Å². The van der Waals surface area contributed by atoms with E-state index in [1.165, 1.54) is 22.7 Å². The van der Waals surface area contributed by atoms with Crippen LogP contribution >= 0.6 is 22.7 Å². The summed E-state index contributed by atoms with van der Waals surface area (Å²) in [5.74, 6) is -0.0648. The van der Waals surface area contributed by atoms with E-state index in [4.69, 9.17) is 4.74 Å². The number of carbonyl (C=O) groups is 2. The number of amides is 2. The molecule has 4 rings (SSSR count). The van der Waals surface area contributed by atoms with Gasteiger partial charge in [-0.1, -0.05) is 11.3 Å². The van der Waals surface area contributed by atoms with Crippen LogP contribution < -0.4 is 5.32 Å². The van der Waals surface area contributed by atoms with Crippen LogP contribution in [0.4, 0.5) is 5.13 Å². The van der Waals surface area contributed by atoms with Gasteiger partial charge in [0.05, 0.1) is 17.8 Å². The van der Waals surface area contributed by atoms with Gasteiger partial charge in [-0.15, -0.1) is 0 Å². The van der Waals surface area contributed by atoms with Gasteiger partial charge in [-0.05, 0) is 24.3 Å². The summed E-state index contributed by atoms with van der Waals surface area (Å²) in [4.78, 5) is 32.0. The predicted molar refractivity (Wildman–Crippen MR) is 92.5 cm³/mol. The molecule has 2 aliphatic rings. The Morgan fingerprint density at radius 1 is 1.42 bits per heavy atom. The van der Waals surface area contributed by atoms with Gasteiger partial charge < -0.3 is 9.64 Å². The molecule has 0 saturated carbocycles. The second-order valence-electron chi connectivity index (χ2n) is 5.87. The molecule has 0 bridgehead atoms. The third-order valence-electron chi connectivity index (χ3n) is 4.24. The molecule has 4 heterocycles. The van der Waals surface area contributed by atoms with Crippen molar-refractivity contribution in [2.24, 2.45) is 0 Å². The van der Waals surface area contributed by atoms with Gasteiger partial charge in [0.15, 0.2) is 5.13 Å². The van der Waals surface area contributed by atoms with Crippen LogP contribution in [0.25, 0.3) is 0 Å². The van der Waals surface area contributed by atoms with Gasteiger partial charge in [0.25, 0.3) is 11.8 Å². The van der Waals surface area contributed by atoms with Crippen LogP contribution in [0, 0.1) is 0 Å². The average molecular weight is 363 g/mol. The summed E-state index contributed by atoms with van der Waals surface area (Å²) in [6.45, 7) is 1.86. The van der Waals surface area contributed by atoms with Gasteiger partial charge >= 0.3 is 0 Å². The number of hydrogen-bond acceptors (Lipinski definition) is 6. The highest BCUT2D eigenvalue weighted by Crippen LogP contribution is 2.29. The van der Waals surface area contributed by atoms with Crippen molar-refractivity contribution in [2.75, 3.05) is 18.5 Å². The highest BCUT2D eigenvalue weighted by Gasteiger charge is 2.27. The summed E-state index contributed by atoms with van der Waals surface area (Å²) >= 11 is 2.97. The van der Waals surface area contributed by atoms with Gasteiger partial charge in [0.1, 0.15) is 6.10 Å². The summed E-state index contributed by atoms with van der Waals surface area (Å²) in [5.41, 5.74) is 1.72. The van der Waals surface area contributed by atoms with Gasteiger partial charge in [-0.3, -0.25) is 14.9 Å². The van der Waals surface area contributed by atoms with E-state index in [0.29, 0.717) is 24.8 Å². The molecule has 6 nitrogen and oxygen atoms in total. The first-order valence-electron chi connectivity index (χ1n) is 7.93. The molecule has 126 valence electrons. The van der Waals surface area contributed by atoms with Crippen molar-refractivity contribution in [1.29, 1.82) is 0 Å². The number of thiazole rings is 1. The Labute approximate surface area is 147 Å². The molecule has 1 N–H and O–H groups in total. The second kappa shape index (κ2) is 6.62. The minimum Gasteiger partial charge on any atom is -0.368 e. The van der Waals surface area contributed by atoms with Gasteiger partial charge in [0, 0.05) is 29.8 Å². The SMILES string of the molecule is O=C(Nc1nc2c(s1)CN(C(=O)c1ccsc1)CC2)C1CCCO1. The molecule has 2 aliphatic heterocycles. The molecule has 2 aromatic heterocycles. The fourth-order valence-electron chi connectivity index (χ4n) is 2.96. The van der Waals surface area contributed by atoms with Crippen molar-refractivity contribution < 1.29 is 14.3 Å². The van der Waals surface area contributed by atoms with Crippen LogP contribution in [0.3, 0.4) is 0 Å². The van der Waals surface area contributed by atoms with Crippen LogP contribution in [0.5, 0.6) is 0 Å². The Hall–Kier alpha value is -1.77. The van der Waals surface area contributed by atoms with E-state index >= 15 is 0 Å². The van der Waals surface area contributed by atoms with Crippen LogP contribution in [-0.2, 0) is 22.5 Å². The van der Waals surface area contributed by atoms with Crippen molar-refractivity contribution in [3.8, 4) is 0 Å². The van der Waals surface area contributed by atoms with Crippen molar-refractivity contribution in [2.45, 2.75) is 31.9 Å². The first-order valence-corrected chi connectivity index (χ1v) is 9.69. The lowest BCUT2D eigenvalue weighted by molar-refractivity contribution is -0.124. The fourth-order valence-corrected chi connectivity index (χ4v) is 4.62. The van der Waals surface area contributed by atoms with Crippen molar-refractivity contribution >= 4 is 39.6 Å². The molecule has 0 spiro atoms. The quantitative estimate of drug-likeness (QED) is 0.910. The number of thiophene rings is 1. The lowest BCUT2D eigenvalue weighted by atomic mass is 10.1. The van der Waals surface area contributed by atoms with Crippen molar-refractivity contribution in [3.63, 3.8) is 0 Å². The number of hydrogen-bond donors (Lipinski definition) is 1. The van der Waals surface area contributed by atoms with Gasteiger partial charge in [-0.25, -0.2) is 4.98 Å². The first kappa shape index (κ1) is 15.7. The number of anilines is 1. The summed E-state index contributed by atoms with van der Waals surface area (Å²) in [5, 5.41) is 7.24. The minimum atomic E-state index is -0.359. The minimum absolute atomic E-state index is 0.0558. The molecule has 0 aromatic carbocycles. The lowest BCUT2D eigenvalue weighted by Gasteiger charge is -2.25. The van der Waals surface area contributed by atoms with Crippen LogP contribution in [-0.4, -0.2) is 41.0 Å². The maximum atomic E-state index is 12.5. The second-order valence-corrected chi connectivity index (χ2v) is 7.73. The Morgan fingerprint density at radius 2 is 2.33 bits per heavy atom. The topological polar surface area (TPSA) is 71.5 Å². The van der Waals surface area contributed by atoms with E-state index < -0.39 is 0 Å². The van der Waals surface area contributed by atoms with Crippen LogP contribution in [0.1, 0.15) is 33.8 Å². The number of nitrogens with one attached hydrogen (secondary N) is 1. The Kier molecular flexibility index (Phi) is 4.34. The Balaban J connectivity index is 1.44. The highest BCUT2D eigenvalue weighted by molar-refractivity contribution is 7.15. The summed E-state index contributed by atoms with van der Waals surface area (Å²) < 4.78 is 5.39. The van der Waals surface area contributed by atoms with E-state index in [9.17, 15) is 9.59 Å². The van der Waals surface area contributed by atoms with E-state index in [1.54, 1.807) is 0 Å². The molecule has 2 amide bonds. The number of aromatic nitrogens is 1. The molecule has 1 unspecified atom stereocenters. The molecule has 0 radical (unpaired) electrons. The number of rotatable bonds is 3. The molecular weight excluding hydrogens is 346 g/mol. The highest BCUT2D eigenvalue weighted by atomic mass is 32.1. The predicted octanol–water partition coefficient (Wildman–Crippen LogP) is 2.52. The maximum absolute atomic E-state index is 12.5. The summed E-state index contributed by atoms with van der Waals surface area (Å²) in [6, 6.07) is 1.85. The van der Waals surface area contributed by atoms with E-state index in [1.807, 2.05) is 21.7 Å². The number of nitrogens with zero attached hydrogens (tertiary/aromatic N) is 2. The molecule has 2 aromatic rings.